The van der Waals surface area contributed by atoms with E-state index >= 15 is 0 Å². The van der Waals surface area contributed by atoms with Gasteiger partial charge in [-0.1, -0.05) is 37.3 Å². The average Bonchev–Trinajstić information content (AvgIpc) is 3.32. The lowest BCUT2D eigenvalue weighted by molar-refractivity contribution is -0.144. The van der Waals surface area contributed by atoms with Gasteiger partial charge in [0.2, 0.25) is 5.91 Å². The van der Waals surface area contributed by atoms with Gasteiger partial charge in [-0.25, -0.2) is 14.8 Å². The van der Waals surface area contributed by atoms with Gasteiger partial charge in [-0.3, -0.25) is 14.7 Å². The van der Waals surface area contributed by atoms with E-state index in [1.807, 2.05) is 44.2 Å². The third kappa shape index (κ3) is 4.95. The fourth-order valence-corrected chi connectivity index (χ4v) is 7.31. The molecule has 1 atom stereocenters. The van der Waals surface area contributed by atoms with Gasteiger partial charge in [0.15, 0.2) is 5.82 Å². The molecule has 1 fully saturated rings. The minimum Gasteiger partial charge on any atom is -0.463 e. The summed E-state index contributed by atoms with van der Waals surface area (Å²) in [5.74, 6) is 0.201. The molecule has 1 aromatic heterocycles. The minimum absolute atomic E-state index is 0.0261. The molecule has 10 heteroatoms. The number of nitrogens with zero attached hydrogens (tertiary/aromatic N) is 2. The van der Waals surface area contributed by atoms with Crippen molar-refractivity contribution in [2.24, 2.45) is 0 Å². The molecule has 1 saturated carbocycles. The second-order valence-electron chi connectivity index (χ2n) is 11.2. The van der Waals surface area contributed by atoms with Gasteiger partial charge in [-0.15, -0.1) is 0 Å². The lowest BCUT2D eigenvalue weighted by Crippen LogP contribution is -2.51. The normalized spacial score (nSPS) is 18.8. The van der Waals surface area contributed by atoms with Gasteiger partial charge >= 0.3 is 12.0 Å². The zero-order chi connectivity index (χ0) is 27.0. The van der Waals surface area contributed by atoms with Crippen molar-refractivity contribution in [1.29, 1.82) is 0 Å². The number of carbonyl (C=O) groups excluding carboxylic acids is 3. The Morgan fingerprint density at radius 3 is 2.41 bits per heavy atom. The molecule has 0 saturated heterocycles. The fraction of sp³-hybridized carbons (Fsp3) is 0.556. The maximum atomic E-state index is 13.6. The van der Waals surface area contributed by atoms with Gasteiger partial charge in [-0.05, 0) is 57.4 Å². The summed E-state index contributed by atoms with van der Waals surface area (Å²) in [4.78, 5) is 40.5. The van der Waals surface area contributed by atoms with Gasteiger partial charge < -0.3 is 20.3 Å². The first kappa shape index (κ1) is 27.0. The summed E-state index contributed by atoms with van der Waals surface area (Å²) in [6.45, 7) is 5.97. The Morgan fingerprint density at radius 2 is 1.84 bits per heavy atom. The Balaban J connectivity index is 1.51. The number of hydrogen-bond donors (Lipinski definition) is 3. The van der Waals surface area contributed by atoms with E-state index in [-0.39, 0.29) is 35.7 Å². The highest BCUT2D eigenvalue weighted by Gasteiger charge is 2.51. The first-order valence-corrected chi connectivity index (χ1v) is 15.6. The maximum Gasteiger partial charge on any atom is 0.319 e. The number of aromatic nitrogens is 2. The summed E-state index contributed by atoms with van der Waals surface area (Å²) in [5.41, 5.74) is 1.79. The van der Waals surface area contributed by atoms with E-state index in [4.69, 9.17) is 4.74 Å². The van der Waals surface area contributed by atoms with Crippen LogP contribution in [0.5, 0.6) is 0 Å². The summed E-state index contributed by atoms with van der Waals surface area (Å²) >= 11 is 0. The van der Waals surface area contributed by atoms with E-state index in [0.717, 1.165) is 36.1 Å². The number of anilines is 1. The highest BCUT2D eigenvalue weighted by Crippen LogP contribution is 2.60. The summed E-state index contributed by atoms with van der Waals surface area (Å²) < 4.78 is 5.04. The van der Waals surface area contributed by atoms with Crippen LogP contribution in [0.2, 0.25) is 0 Å². The molecule has 37 heavy (non-hydrogen) atoms. The SMILES string of the molecule is CCC(=O)OC[C@@H](NC(=O)N1Cc2c(NC(=O)C3(S(C)(C)C)CCC3)n[nH]c2C1(C)C)c1ccccc1. The van der Waals surface area contributed by atoms with Crippen molar-refractivity contribution in [2.45, 2.75) is 69.3 Å². The highest BCUT2D eigenvalue weighted by atomic mass is 32.3. The Kier molecular flexibility index (Phi) is 7.34. The van der Waals surface area contributed by atoms with Crippen molar-refractivity contribution in [3.8, 4) is 0 Å². The molecule has 1 aromatic carbocycles. The molecule has 1 aliphatic carbocycles. The number of aromatic amines is 1. The first-order chi connectivity index (χ1) is 17.4. The van der Waals surface area contributed by atoms with Crippen molar-refractivity contribution >= 4 is 33.8 Å². The molecule has 3 amide bonds. The van der Waals surface area contributed by atoms with Crippen molar-refractivity contribution < 1.29 is 19.1 Å². The van der Waals surface area contributed by atoms with Crippen LogP contribution in [0.4, 0.5) is 10.6 Å². The summed E-state index contributed by atoms with van der Waals surface area (Å²) in [6.07, 6.45) is 9.70. The monoisotopic (exact) mass is 529 g/mol. The van der Waals surface area contributed by atoms with Crippen molar-refractivity contribution in [1.82, 2.24) is 20.4 Å². The van der Waals surface area contributed by atoms with Crippen LogP contribution in [-0.4, -0.2) is 63.1 Å². The van der Waals surface area contributed by atoms with Gasteiger partial charge in [0.1, 0.15) is 6.61 Å². The smallest absolute Gasteiger partial charge is 0.319 e. The summed E-state index contributed by atoms with van der Waals surface area (Å²) in [7, 11) is -1.11. The molecule has 4 rings (SSSR count). The molecule has 2 heterocycles. The standard InChI is InChI=1S/C27H39N5O4S/c1-7-21(33)36-17-20(18-12-9-8-10-13-18)28-25(35)32-16-19-22(26(32,2)3)30-31-23(19)29-24(34)27(14-11-15-27)37(4,5)6/h8-10,12-13,20H,7,11,14-17H2,1-6H3,(H,28,35)(H2,29,30,31,34)/t20-/m1/s1. The van der Waals surface area contributed by atoms with E-state index in [0.29, 0.717) is 12.4 Å². The van der Waals surface area contributed by atoms with Gasteiger partial charge in [0.05, 0.1) is 28.6 Å². The second-order valence-corrected chi connectivity index (χ2v) is 15.6. The molecule has 2 aliphatic rings. The number of urea groups is 1. The molecular formula is C27H39N5O4S. The van der Waals surface area contributed by atoms with Crippen molar-refractivity contribution in [3.63, 3.8) is 0 Å². The Bertz CT molecular complexity index is 1170. The predicted octanol–water partition coefficient (Wildman–Crippen LogP) is 4.42. The van der Waals surface area contributed by atoms with Crippen LogP contribution in [0.25, 0.3) is 0 Å². The largest absolute Gasteiger partial charge is 0.463 e. The number of H-pyrrole nitrogens is 1. The van der Waals surface area contributed by atoms with Crippen LogP contribution in [0.15, 0.2) is 30.3 Å². The van der Waals surface area contributed by atoms with E-state index < -0.39 is 21.6 Å². The molecule has 202 valence electrons. The number of esters is 1. The predicted molar refractivity (Wildman–Crippen MR) is 147 cm³/mol. The number of fused-ring (bicyclic) bond motifs is 1. The van der Waals surface area contributed by atoms with Crippen LogP contribution >= 0.6 is 10.0 Å². The number of rotatable bonds is 8. The van der Waals surface area contributed by atoms with E-state index in [9.17, 15) is 14.4 Å². The lowest BCUT2D eigenvalue weighted by atomic mass is 9.83. The van der Waals surface area contributed by atoms with Gasteiger partial charge in [0, 0.05) is 12.0 Å². The number of nitrogens with one attached hydrogen (secondary N) is 3. The highest BCUT2D eigenvalue weighted by molar-refractivity contribution is 8.33. The second kappa shape index (κ2) is 10.0. The molecule has 0 unspecified atom stereocenters. The van der Waals surface area contributed by atoms with E-state index in [1.54, 1.807) is 11.8 Å². The van der Waals surface area contributed by atoms with Crippen LogP contribution in [0.3, 0.4) is 0 Å². The van der Waals surface area contributed by atoms with Crippen molar-refractivity contribution in [2.75, 3.05) is 30.7 Å². The molecule has 1 aliphatic heterocycles. The van der Waals surface area contributed by atoms with E-state index in [2.05, 4.69) is 39.6 Å². The average molecular weight is 530 g/mol. The number of amides is 3. The molecular weight excluding hydrogens is 490 g/mol. The quantitative estimate of drug-likeness (QED) is 0.438. The fourth-order valence-electron chi connectivity index (χ4n) is 5.19. The molecule has 3 N–H and O–H groups in total. The van der Waals surface area contributed by atoms with Crippen LogP contribution in [0, 0.1) is 0 Å². The third-order valence-corrected chi connectivity index (χ3v) is 10.8. The number of ether oxygens (including phenoxy) is 1. The molecule has 9 nitrogen and oxygen atoms in total. The van der Waals surface area contributed by atoms with E-state index in [1.165, 1.54) is 0 Å². The zero-order valence-corrected chi connectivity index (χ0v) is 23.5. The van der Waals surface area contributed by atoms with Crippen LogP contribution in [0.1, 0.15) is 69.3 Å². The zero-order valence-electron chi connectivity index (χ0n) is 22.6. The topological polar surface area (TPSA) is 116 Å². The molecule has 2 aromatic rings. The Hall–Kier alpha value is -3.01. The van der Waals surface area contributed by atoms with Gasteiger partial charge in [-0.2, -0.15) is 5.10 Å². The molecule has 0 bridgehead atoms. The Labute approximate surface area is 220 Å². The number of hydrogen-bond acceptors (Lipinski definition) is 5. The number of benzene rings is 1. The number of carbonyl (C=O) groups is 3. The van der Waals surface area contributed by atoms with Crippen molar-refractivity contribution in [3.05, 3.63) is 47.2 Å². The van der Waals surface area contributed by atoms with Crippen LogP contribution in [-0.2, 0) is 26.4 Å². The Morgan fingerprint density at radius 1 is 1.16 bits per heavy atom. The summed E-state index contributed by atoms with van der Waals surface area (Å²) in [5, 5.41) is 13.6. The molecule has 0 radical (unpaired) electrons. The lowest BCUT2D eigenvalue weighted by Gasteiger charge is -2.53. The van der Waals surface area contributed by atoms with Gasteiger partial charge in [0.25, 0.3) is 0 Å². The maximum absolute atomic E-state index is 13.6. The third-order valence-electron chi connectivity index (χ3n) is 7.89. The minimum atomic E-state index is -1.11. The van der Waals surface area contributed by atoms with Crippen LogP contribution < -0.4 is 10.6 Å². The molecule has 0 spiro atoms. The summed E-state index contributed by atoms with van der Waals surface area (Å²) in [6, 6.07) is 8.67. The first-order valence-electron chi connectivity index (χ1n) is 12.8.